The second-order valence-electron chi connectivity index (χ2n) is 7.36. The first kappa shape index (κ1) is 19.4. The van der Waals surface area contributed by atoms with Gasteiger partial charge >= 0.3 is 5.69 Å². The number of nitrogens with one attached hydrogen (secondary N) is 1. The van der Waals surface area contributed by atoms with Crippen molar-refractivity contribution in [2.45, 2.75) is 25.3 Å². The standard InChI is InChI=1S/C21H23ClN4O3/c1-29-19-9-13(4-6-16(19)22)10-20(27)25-8-2-3-15(12-25)26-18-11-14(23)5-7-17(18)24-21(26)28/h4-7,9,11,15H,2-3,8,10,12,23H2,1H3,(H,24,28). The lowest BCUT2D eigenvalue weighted by Gasteiger charge is -2.33. The Morgan fingerprint density at radius 3 is 2.93 bits per heavy atom. The summed E-state index contributed by atoms with van der Waals surface area (Å²) >= 11 is 6.07. The van der Waals surface area contributed by atoms with Crippen LogP contribution in [-0.2, 0) is 11.2 Å². The molecule has 1 atom stereocenters. The number of imidazole rings is 1. The number of halogens is 1. The van der Waals surface area contributed by atoms with E-state index in [0.717, 1.165) is 29.4 Å². The number of methoxy groups -OCH3 is 1. The van der Waals surface area contributed by atoms with Gasteiger partial charge in [0, 0.05) is 18.8 Å². The maximum atomic E-state index is 12.9. The molecule has 3 aromatic rings. The molecule has 3 N–H and O–H groups in total. The van der Waals surface area contributed by atoms with Crippen LogP contribution in [0.3, 0.4) is 0 Å². The molecule has 1 aromatic heterocycles. The minimum absolute atomic E-state index is 0.0199. The third-order valence-corrected chi connectivity index (χ3v) is 5.74. The molecule has 0 bridgehead atoms. The highest BCUT2D eigenvalue weighted by Gasteiger charge is 2.27. The summed E-state index contributed by atoms with van der Waals surface area (Å²) in [6, 6.07) is 10.6. The summed E-state index contributed by atoms with van der Waals surface area (Å²) in [6.07, 6.45) is 1.93. The van der Waals surface area contributed by atoms with E-state index < -0.39 is 0 Å². The van der Waals surface area contributed by atoms with Gasteiger partial charge < -0.3 is 20.4 Å². The second kappa shape index (κ2) is 7.83. The Labute approximate surface area is 173 Å². The zero-order valence-corrected chi connectivity index (χ0v) is 16.9. The maximum Gasteiger partial charge on any atom is 0.326 e. The van der Waals surface area contributed by atoms with E-state index in [2.05, 4.69) is 4.98 Å². The summed E-state index contributed by atoms with van der Waals surface area (Å²) in [5.74, 6) is 0.572. The number of hydrogen-bond donors (Lipinski definition) is 2. The number of fused-ring (bicyclic) bond motifs is 1. The van der Waals surface area contributed by atoms with Gasteiger partial charge in [0.25, 0.3) is 0 Å². The van der Waals surface area contributed by atoms with Crippen molar-refractivity contribution >= 4 is 34.2 Å². The van der Waals surface area contributed by atoms with Crippen LogP contribution in [-0.4, -0.2) is 40.6 Å². The fourth-order valence-corrected chi connectivity index (χ4v) is 4.19. The van der Waals surface area contributed by atoms with E-state index in [9.17, 15) is 9.59 Å². The van der Waals surface area contributed by atoms with Gasteiger partial charge in [0.15, 0.2) is 0 Å². The monoisotopic (exact) mass is 414 g/mol. The Morgan fingerprint density at radius 2 is 2.14 bits per heavy atom. The summed E-state index contributed by atoms with van der Waals surface area (Å²) < 4.78 is 6.97. The van der Waals surface area contributed by atoms with Crippen LogP contribution in [0, 0.1) is 0 Å². The van der Waals surface area contributed by atoms with E-state index in [1.165, 1.54) is 0 Å². The Bertz CT molecular complexity index is 1120. The highest BCUT2D eigenvalue weighted by atomic mass is 35.5. The number of carbonyl (C=O) groups is 1. The van der Waals surface area contributed by atoms with Gasteiger partial charge in [-0.25, -0.2) is 4.79 Å². The number of H-pyrrole nitrogens is 1. The van der Waals surface area contributed by atoms with Crippen molar-refractivity contribution in [3.05, 3.63) is 57.5 Å². The lowest BCUT2D eigenvalue weighted by Crippen LogP contribution is -2.43. The molecule has 0 spiro atoms. The summed E-state index contributed by atoms with van der Waals surface area (Å²) in [5.41, 5.74) is 8.71. The Morgan fingerprint density at radius 1 is 1.31 bits per heavy atom. The number of benzene rings is 2. The van der Waals surface area contributed by atoms with E-state index in [1.807, 2.05) is 17.0 Å². The van der Waals surface area contributed by atoms with Gasteiger partial charge in [-0.2, -0.15) is 0 Å². The number of aromatic nitrogens is 2. The molecular weight excluding hydrogens is 392 g/mol. The molecule has 1 amide bonds. The lowest BCUT2D eigenvalue weighted by molar-refractivity contribution is -0.132. The topological polar surface area (TPSA) is 93.3 Å². The largest absolute Gasteiger partial charge is 0.495 e. The summed E-state index contributed by atoms with van der Waals surface area (Å²) in [4.78, 5) is 30.2. The molecule has 1 fully saturated rings. The van der Waals surface area contributed by atoms with E-state index in [4.69, 9.17) is 22.1 Å². The molecule has 8 heteroatoms. The number of nitrogens with zero attached hydrogens (tertiary/aromatic N) is 2. The molecule has 0 saturated carbocycles. The van der Waals surface area contributed by atoms with E-state index >= 15 is 0 Å². The van der Waals surface area contributed by atoms with Gasteiger partial charge in [0.2, 0.25) is 5.91 Å². The molecule has 1 aliphatic rings. The van der Waals surface area contributed by atoms with Gasteiger partial charge in [-0.15, -0.1) is 0 Å². The third-order valence-electron chi connectivity index (χ3n) is 5.43. The molecule has 2 aromatic carbocycles. The van der Waals surface area contributed by atoms with Gasteiger partial charge in [0.1, 0.15) is 5.75 Å². The van der Waals surface area contributed by atoms with Crippen LogP contribution in [0.25, 0.3) is 11.0 Å². The maximum absolute atomic E-state index is 12.9. The number of ether oxygens (including phenoxy) is 1. The van der Waals surface area contributed by atoms with Gasteiger partial charge in [-0.3, -0.25) is 9.36 Å². The summed E-state index contributed by atoms with van der Waals surface area (Å²) in [5, 5.41) is 0.514. The highest BCUT2D eigenvalue weighted by molar-refractivity contribution is 6.32. The van der Waals surface area contributed by atoms with Crippen LogP contribution in [0.2, 0.25) is 5.02 Å². The zero-order chi connectivity index (χ0) is 20.5. The molecule has 2 heterocycles. The quantitative estimate of drug-likeness (QED) is 0.642. The van der Waals surface area contributed by atoms with Crippen molar-refractivity contribution in [3.8, 4) is 5.75 Å². The number of rotatable bonds is 4. The fourth-order valence-electron chi connectivity index (χ4n) is 3.99. The van der Waals surface area contributed by atoms with Gasteiger partial charge in [0.05, 0.1) is 35.6 Å². The number of amides is 1. The van der Waals surface area contributed by atoms with Crippen molar-refractivity contribution in [3.63, 3.8) is 0 Å². The smallest absolute Gasteiger partial charge is 0.326 e. The number of carbonyl (C=O) groups excluding carboxylic acids is 1. The Hall–Kier alpha value is -2.93. The van der Waals surface area contributed by atoms with Crippen LogP contribution in [0.4, 0.5) is 5.69 Å². The first-order chi connectivity index (χ1) is 14.0. The van der Waals surface area contributed by atoms with Crippen LogP contribution in [0.5, 0.6) is 5.75 Å². The first-order valence-corrected chi connectivity index (χ1v) is 9.94. The second-order valence-corrected chi connectivity index (χ2v) is 7.77. The Kier molecular flexibility index (Phi) is 5.24. The van der Waals surface area contributed by atoms with Crippen LogP contribution in [0.15, 0.2) is 41.2 Å². The molecule has 1 saturated heterocycles. The van der Waals surface area contributed by atoms with E-state index in [0.29, 0.717) is 29.5 Å². The van der Waals surface area contributed by atoms with Crippen molar-refractivity contribution in [1.29, 1.82) is 0 Å². The number of aromatic amines is 1. The molecule has 4 rings (SSSR count). The number of anilines is 1. The van der Waals surface area contributed by atoms with Crippen molar-refractivity contribution in [1.82, 2.24) is 14.5 Å². The number of likely N-dealkylation sites (tertiary alicyclic amines) is 1. The van der Waals surface area contributed by atoms with E-state index in [1.54, 1.807) is 35.9 Å². The lowest BCUT2D eigenvalue weighted by atomic mass is 10.0. The molecule has 1 aliphatic heterocycles. The molecular formula is C21H23ClN4O3. The van der Waals surface area contributed by atoms with Gasteiger partial charge in [-0.1, -0.05) is 17.7 Å². The minimum Gasteiger partial charge on any atom is -0.495 e. The number of piperidine rings is 1. The average Bonchev–Trinajstić information content (AvgIpc) is 3.04. The van der Waals surface area contributed by atoms with Gasteiger partial charge in [-0.05, 0) is 48.7 Å². The van der Waals surface area contributed by atoms with Crippen LogP contribution in [0.1, 0.15) is 24.4 Å². The van der Waals surface area contributed by atoms with Crippen molar-refractivity contribution in [2.75, 3.05) is 25.9 Å². The molecule has 0 radical (unpaired) electrons. The predicted octanol–water partition coefficient (Wildman–Crippen LogP) is 2.98. The highest BCUT2D eigenvalue weighted by Crippen LogP contribution is 2.27. The predicted molar refractivity (Wildman–Crippen MR) is 114 cm³/mol. The third kappa shape index (κ3) is 3.82. The molecule has 7 nitrogen and oxygen atoms in total. The molecule has 0 aliphatic carbocycles. The number of nitrogen functional groups attached to an aromatic ring is 1. The molecule has 1 unspecified atom stereocenters. The number of hydrogen-bond acceptors (Lipinski definition) is 4. The normalized spacial score (nSPS) is 16.9. The van der Waals surface area contributed by atoms with E-state index in [-0.39, 0.29) is 24.1 Å². The van der Waals surface area contributed by atoms with Crippen molar-refractivity contribution in [2.24, 2.45) is 0 Å². The van der Waals surface area contributed by atoms with Crippen LogP contribution >= 0.6 is 11.6 Å². The zero-order valence-electron chi connectivity index (χ0n) is 16.2. The summed E-state index contributed by atoms with van der Waals surface area (Å²) in [6.45, 7) is 1.17. The SMILES string of the molecule is COc1cc(CC(=O)N2CCCC(n3c(=O)[nH]c4ccc(N)cc43)C2)ccc1Cl. The first-order valence-electron chi connectivity index (χ1n) is 9.56. The minimum atomic E-state index is -0.174. The average molecular weight is 415 g/mol. The molecule has 29 heavy (non-hydrogen) atoms. The Balaban J connectivity index is 1.54. The summed E-state index contributed by atoms with van der Waals surface area (Å²) in [7, 11) is 1.55. The molecule has 152 valence electrons. The van der Waals surface area contributed by atoms with Crippen LogP contribution < -0.4 is 16.2 Å². The number of nitrogens with two attached hydrogens (primary N) is 1. The fraction of sp³-hybridized carbons (Fsp3) is 0.333. The van der Waals surface area contributed by atoms with Crippen molar-refractivity contribution < 1.29 is 9.53 Å².